The van der Waals surface area contributed by atoms with Crippen molar-refractivity contribution in [2.24, 2.45) is 5.92 Å². The van der Waals surface area contributed by atoms with Gasteiger partial charge in [0.25, 0.3) is 0 Å². The van der Waals surface area contributed by atoms with Gasteiger partial charge < -0.3 is 25.0 Å². The number of amides is 3. The molecule has 2 N–H and O–H groups in total. The lowest BCUT2D eigenvalue weighted by atomic mass is 10.0. The van der Waals surface area contributed by atoms with Crippen LogP contribution in [0.15, 0.2) is 67.2 Å². The highest BCUT2D eigenvalue weighted by Gasteiger charge is 2.62. The summed E-state index contributed by atoms with van der Waals surface area (Å²) in [7, 11) is 2.64. The number of likely N-dealkylation sites (tertiary alicyclic amines) is 1. The van der Waals surface area contributed by atoms with Crippen molar-refractivity contribution < 1.29 is 28.7 Å². The molecule has 11 nitrogen and oxygen atoms in total. The van der Waals surface area contributed by atoms with E-state index in [9.17, 15) is 19.2 Å². The number of thiophene rings is 1. The quantitative estimate of drug-likeness (QED) is 0.109. The molecule has 1 saturated heterocycles. The van der Waals surface area contributed by atoms with Gasteiger partial charge in [0.1, 0.15) is 29.5 Å². The van der Waals surface area contributed by atoms with Crippen LogP contribution in [-0.4, -0.2) is 83.7 Å². The normalized spacial score (nSPS) is 22.2. The van der Waals surface area contributed by atoms with Gasteiger partial charge >= 0.3 is 5.97 Å². The summed E-state index contributed by atoms with van der Waals surface area (Å²) in [6.07, 6.45) is 8.94. The van der Waals surface area contributed by atoms with Crippen LogP contribution in [0.5, 0.6) is 5.75 Å². The van der Waals surface area contributed by atoms with Crippen molar-refractivity contribution in [1.29, 1.82) is 0 Å². The molecule has 2 fully saturated rings. The minimum absolute atomic E-state index is 0.105. The summed E-state index contributed by atoms with van der Waals surface area (Å²) in [5.41, 5.74) is 0.847. The van der Waals surface area contributed by atoms with E-state index in [0.29, 0.717) is 36.4 Å². The maximum Gasteiger partial charge on any atom is 0.332 e. The third-order valence-corrected chi connectivity index (χ3v) is 9.64. The summed E-state index contributed by atoms with van der Waals surface area (Å²) in [4.78, 5) is 63.7. The Morgan fingerprint density at radius 3 is 2.70 bits per heavy atom. The van der Waals surface area contributed by atoms with Crippen molar-refractivity contribution in [3.63, 3.8) is 0 Å². The van der Waals surface area contributed by atoms with Gasteiger partial charge in [-0.25, -0.2) is 9.78 Å². The molecular formula is C34H40BN5O6S. The summed E-state index contributed by atoms with van der Waals surface area (Å²) >= 11 is 1.48. The Bertz CT molecular complexity index is 1650. The van der Waals surface area contributed by atoms with Gasteiger partial charge in [-0.3, -0.25) is 19.4 Å². The number of aromatic nitrogens is 2. The fourth-order valence-electron chi connectivity index (χ4n) is 6.22. The summed E-state index contributed by atoms with van der Waals surface area (Å²) in [5.74, 6) is -1.47. The highest BCUT2D eigenvalue weighted by molar-refractivity contribution is 7.17. The Morgan fingerprint density at radius 2 is 2.02 bits per heavy atom. The van der Waals surface area contributed by atoms with Crippen molar-refractivity contribution in [3.8, 4) is 17.1 Å². The molecule has 5 atom stereocenters. The second-order valence-electron chi connectivity index (χ2n) is 12.0. The Labute approximate surface area is 279 Å². The Morgan fingerprint density at radius 1 is 1.19 bits per heavy atom. The van der Waals surface area contributed by atoms with Gasteiger partial charge in [-0.05, 0) is 49.3 Å². The van der Waals surface area contributed by atoms with Crippen LogP contribution in [-0.2, 0) is 19.1 Å². The van der Waals surface area contributed by atoms with E-state index in [2.05, 4.69) is 28.8 Å². The zero-order valence-corrected chi connectivity index (χ0v) is 27.6. The van der Waals surface area contributed by atoms with Crippen LogP contribution in [0.1, 0.15) is 44.9 Å². The van der Waals surface area contributed by atoms with Crippen LogP contribution in [0.2, 0.25) is 0 Å². The van der Waals surface area contributed by atoms with Crippen LogP contribution < -0.4 is 15.4 Å². The number of nitrogens with one attached hydrogen (secondary N) is 2. The molecule has 3 aromatic rings. The zero-order valence-electron chi connectivity index (χ0n) is 26.8. The van der Waals surface area contributed by atoms with E-state index in [-0.39, 0.29) is 30.6 Å². The second-order valence-corrected chi connectivity index (χ2v) is 12.9. The number of hydrogen-bond donors (Lipinski definition) is 2. The third kappa shape index (κ3) is 7.56. The number of allylic oxidation sites excluding steroid dienone is 1. The number of fused-ring (bicyclic) bond motifs is 1. The van der Waals surface area contributed by atoms with Crippen LogP contribution in [0.4, 0.5) is 4.79 Å². The summed E-state index contributed by atoms with van der Waals surface area (Å²) < 4.78 is 12.4. The molecule has 1 aliphatic carbocycles. The number of methoxy groups -OCH3 is 1. The zero-order chi connectivity index (χ0) is 33.6. The van der Waals surface area contributed by atoms with Crippen molar-refractivity contribution in [2.45, 2.75) is 68.7 Å². The molecular weight excluding hydrogens is 617 g/mol. The van der Waals surface area contributed by atoms with Gasteiger partial charge in [-0.2, -0.15) is 0 Å². The molecule has 3 aromatic heterocycles. The molecule has 13 heteroatoms. The van der Waals surface area contributed by atoms with Gasteiger partial charge in [0.05, 0.1) is 35.3 Å². The van der Waals surface area contributed by atoms with Crippen LogP contribution in [0.3, 0.4) is 0 Å². The highest BCUT2D eigenvalue weighted by atomic mass is 32.1. The fourth-order valence-corrected chi connectivity index (χ4v) is 7.01. The largest absolute Gasteiger partial charge is 0.487 e. The van der Waals surface area contributed by atoms with E-state index in [1.807, 2.05) is 41.8 Å². The summed E-state index contributed by atoms with van der Waals surface area (Å²) in [6.45, 7) is 7.65. The first-order valence-electron chi connectivity index (χ1n) is 15.9. The molecule has 2 aliphatic rings. The fraction of sp³-hybridized carbons (Fsp3) is 0.412. The second kappa shape index (κ2) is 14.9. The molecule has 0 radical (unpaired) electrons. The molecule has 1 saturated carbocycles. The number of ether oxygens (including phenoxy) is 2. The molecule has 1 aliphatic heterocycles. The van der Waals surface area contributed by atoms with Crippen LogP contribution in [0, 0.1) is 5.92 Å². The lowest BCUT2D eigenvalue weighted by Gasteiger charge is -2.29. The number of hydrogen-bond acceptors (Lipinski definition) is 9. The first-order valence-corrected chi connectivity index (χ1v) is 16.8. The van der Waals surface area contributed by atoms with E-state index in [4.69, 9.17) is 14.5 Å². The van der Waals surface area contributed by atoms with Crippen molar-refractivity contribution in [2.75, 3.05) is 13.7 Å². The molecule has 0 bridgehead atoms. The number of carbonyl (C=O) groups excluding carboxylic acids is 4. The van der Waals surface area contributed by atoms with Crippen molar-refractivity contribution in [1.82, 2.24) is 25.5 Å². The Kier molecular flexibility index (Phi) is 10.7. The lowest BCUT2D eigenvalue weighted by molar-refractivity contribution is -0.148. The van der Waals surface area contributed by atoms with E-state index in [0.717, 1.165) is 29.5 Å². The van der Waals surface area contributed by atoms with E-state index < -0.39 is 35.6 Å². The minimum Gasteiger partial charge on any atom is -0.487 e. The monoisotopic (exact) mass is 657 g/mol. The van der Waals surface area contributed by atoms with Gasteiger partial charge in [-0.15, -0.1) is 24.5 Å². The number of rotatable bonds is 15. The number of nitrogens with zero attached hydrogens (tertiary/aromatic N) is 3. The molecule has 47 heavy (non-hydrogen) atoms. The molecule has 0 unspecified atom stereocenters. The molecule has 246 valence electrons. The number of unbranched alkanes of at least 4 members (excludes halogenated alkanes) is 3. The average molecular weight is 658 g/mol. The molecule has 3 amide bonds. The predicted octanol–water partition coefficient (Wildman–Crippen LogP) is 3.79. The highest BCUT2D eigenvalue weighted by Crippen LogP contribution is 2.45. The predicted molar refractivity (Wildman–Crippen MR) is 183 cm³/mol. The van der Waals surface area contributed by atoms with E-state index in [1.54, 1.807) is 12.3 Å². The first kappa shape index (κ1) is 33.8. The van der Waals surface area contributed by atoms with E-state index in [1.165, 1.54) is 31.2 Å². The molecule has 5 rings (SSSR count). The van der Waals surface area contributed by atoms with E-state index >= 15 is 0 Å². The summed E-state index contributed by atoms with van der Waals surface area (Å²) in [6, 6.07) is 7.55. The lowest BCUT2D eigenvalue weighted by Crippen LogP contribution is -2.56. The molecule has 0 spiro atoms. The third-order valence-electron chi connectivity index (χ3n) is 8.72. The molecule has 0 aromatic carbocycles. The van der Waals surface area contributed by atoms with Gasteiger partial charge in [0, 0.05) is 24.6 Å². The number of carbonyl (C=O) groups is 4. The van der Waals surface area contributed by atoms with Gasteiger partial charge in [0.15, 0.2) is 5.81 Å². The number of esters is 1. The topological polar surface area (TPSA) is 140 Å². The maximum absolute atomic E-state index is 14.2. The number of pyridine rings is 2. The minimum atomic E-state index is -1.23. The standard InChI is InChI=1S/C34H40BN5O6S/c1-4-6-7-8-9-13-25(38-33(35)44)31(42)40-20-22(17-27(40)30(41)39-34(32(43)45-3)19-21(34)5-2)46-28-18-26(23-12-10-11-15-36-23)37-24-14-16-47-29(24)28/h4-5,10-12,14-16,18,21-22,25,27H,1-2,6-9,13,17,19-20,35H2,3H3,(H,38,44)(H,39,41)/t21-,22-,25+,27+,34-/m1/s1. The Balaban J connectivity index is 1.42. The van der Waals surface area contributed by atoms with Crippen molar-refractivity contribution >= 4 is 53.0 Å². The smallest absolute Gasteiger partial charge is 0.332 e. The van der Waals surface area contributed by atoms with Crippen LogP contribution in [0.25, 0.3) is 21.6 Å². The maximum atomic E-state index is 14.2. The van der Waals surface area contributed by atoms with Crippen LogP contribution >= 0.6 is 11.3 Å². The first-order chi connectivity index (χ1) is 22.7. The summed E-state index contributed by atoms with van der Waals surface area (Å²) in [5, 5.41) is 7.61. The average Bonchev–Trinajstić information content (AvgIpc) is 3.35. The van der Waals surface area contributed by atoms with Crippen molar-refractivity contribution in [3.05, 3.63) is 67.2 Å². The Hall–Kier alpha value is -4.52. The molecule has 4 heterocycles. The van der Waals surface area contributed by atoms with Gasteiger partial charge in [-0.1, -0.05) is 31.1 Å². The van der Waals surface area contributed by atoms with Gasteiger partial charge in [0.2, 0.25) is 19.7 Å². The SMILES string of the molecule is BC(=O)N[C@@H](CCCCCC=C)C(=O)N1C[C@H](Oc2cc(-c3ccccn3)nc3ccsc23)C[C@H]1C(=O)N[C@]1(C(=O)OC)C[C@H]1C=C.